The summed E-state index contributed by atoms with van der Waals surface area (Å²) in [6, 6.07) is 7.89. The fraction of sp³-hybridized carbons (Fsp3) is 0.500. The molecule has 18 heavy (non-hydrogen) atoms. The Hall–Kier alpha value is -0.620. The molecule has 1 heterocycles. The number of halogens is 1. The van der Waals surface area contributed by atoms with Crippen LogP contribution in [0.1, 0.15) is 36.0 Å². The van der Waals surface area contributed by atoms with Gasteiger partial charge in [-0.3, -0.25) is 4.79 Å². The van der Waals surface area contributed by atoms with Crippen molar-refractivity contribution >= 4 is 28.5 Å². The van der Waals surface area contributed by atoms with E-state index in [0.29, 0.717) is 6.42 Å². The first kappa shape index (κ1) is 13.8. The second kappa shape index (κ2) is 6.52. The molecular weight excluding hydrogens is 341 g/mol. The Labute approximate surface area is 121 Å². The molecule has 1 N–H and O–H groups in total. The lowest BCUT2D eigenvalue weighted by atomic mass is 9.98. The summed E-state index contributed by atoms with van der Waals surface area (Å²) in [6.07, 6.45) is 3.92. The molecule has 0 aromatic heterocycles. The van der Waals surface area contributed by atoms with Crippen LogP contribution in [0.4, 0.5) is 0 Å². The minimum Gasteiger partial charge on any atom is -0.396 e. The van der Waals surface area contributed by atoms with E-state index in [9.17, 15) is 4.79 Å². The Morgan fingerprint density at radius 1 is 1.33 bits per heavy atom. The van der Waals surface area contributed by atoms with Crippen molar-refractivity contribution in [1.82, 2.24) is 4.90 Å². The SMILES string of the molecule is O=C(c1ccc(I)cc1)N1CCCCC1CCO. The largest absolute Gasteiger partial charge is 0.396 e. The fourth-order valence-corrected chi connectivity index (χ4v) is 2.83. The van der Waals surface area contributed by atoms with Crippen LogP contribution in [0.15, 0.2) is 24.3 Å². The molecule has 0 radical (unpaired) electrons. The normalized spacial score (nSPS) is 19.9. The maximum absolute atomic E-state index is 12.4. The number of piperidine rings is 1. The summed E-state index contributed by atoms with van der Waals surface area (Å²) in [5.41, 5.74) is 0.750. The highest BCUT2D eigenvalue weighted by Crippen LogP contribution is 2.22. The van der Waals surface area contributed by atoms with Crippen molar-refractivity contribution in [1.29, 1.82) is 0 Å². The van der Waals surface area contributed by atoms with E-state index in [0.717, 1.165) is 34.9 Å². The van der Waals surface area contributed by atoms with Gasteiger partial charge in [0.25, 0.3) is 5.91 Å². The van der Waals surface area contributed by atoms with E-state index in [4.69, 9.17) is 5.11 Å². The second-order valence-corrected chi connectivity index (χ2v) is 5.91. The molecule has 1 aliphatic rings. The molecule has 4 heteroatoms. The van der Waals surface area contributed by atoms with Gasteiger partial charge in [0, 0.05) is 28.3 Å². The van der Waals surface area contributed by atoms with Crippen LogP contribution in [0, 0.1) is 3.57 Å². The van der Waals surface area contributed by atoms with Gasteiger partial charge >= 0.3 is 0 Å². The minimum absolute atomic E-state index is 0.101. The molecular formula is C14H18INO2. The maximum Gasteiger partial charge on any atom is 0.254 e. The van der Waals surface area contributed by atoms with E-state index in [1.807, 2.05) is 29.2 Å². The van der Waals surface area contributed by atoms with Gasteiger partial charge in [-0.2, -0.15) is 0 Å². The highest BCUT2D eigenvalue weighted by molar-refractivity contribution is 14.1. The Morgan fingerprint density at radius 2 is 2.06 bits per heavy atom. The lowest BCUT2D eigenvalue weighted by molar-refractivity contribution is 0.0574. The maximum atomic E-state index is 12.4. The molecule has 98 valence electrons. The summed E-state index contributed by atoms with van der Waals surface area (Å²) < 4.78 is 1.13. The van der Waals surface area contributed by atoms with Crippen LogP contribution in [0.5, 0.6) is 0 Å². The lowest BCUT2D eigenvalue weighted by Crippen LogP contribution is -2.44. The van der Waals surface area contributed by atoms with Crippen LogP contribution >= 0.6 is 22.6 Å². The average Bonchev–Trinajstić information content (AvgIpc) is 2.40. The van der Waals surface area contributed by atoms with Crippen molar-refractivity contribution in [2.75, 3.05) is 13.2 Å². The van der Waals surface area contributed by atoms with Gasteiger partial charge in [0.1, 0.15) is 0 Å². The van der Waals surface area contributed by atoms with Gasteiger partial charge in [-0.05, 0) is 72.5 Å². The van der Waals surface area contributed by atoms with Crippen LogP contribution in [-0.2, 0) is 0 Å². The number of amides is 1. The molecule has 1 aliphatic heterocycles. The molecule has 1 fully saturated rings. The Morgan fingerprint density at radius 3 is 2.72 bits per heavy atom. The van der Waals surface area contributed by atoms with Crippen LogP contribution in [0.3, 0.4) is 0 Å². The first-order chi connectivity index (χ1) is 8.72. The molecule has 1 atom stereocenters. The summed E-state index contributed by atoms with van der Waals surface area (Å²) in [5, 5.41) is 9.09. The van der Waals surface area contributed by atoms with E-state index < -0.39 is 0 Å². The Balaban J connectivity index is 2.12. The van der Waals surface area contributed by atoms with E-state index in [2.05, 4.69) is 22.6 Å². The van der Waals surface area contributed by atoms with Crippen LogP contribution < -0.4 is 0 Å². The van der Waals surface area contributed by atoms with E-state index in [1.54, 1.807) is 0 Å². The third-order valence-electron chi connectivity index (χ3n) is 3.44. The minimum atomic E-state index is 0.101. The van der Waals surface area contributed by atoms with E-state index in [1.165, 1.54) is 0 Å². The van der Waals surface area contributed by atoms with Crippen molar-refractivity contribution in [2.45, 2.75) is 31.7 Å². The molecule has 0 saturated carbocycles. The molecule has 0 aliphatic carbocycles. The highest BCUT2D eigenvalue weighted by atomic mass is 127. The molecule has 1 aromatic carbocycles. The van der Waals surface area contributed by atoms with Gasteiger partial charge in [0.05, 0.1) is 0 Å². The van der Waals surface area contributed by atoms with Gasteiger partial charge in [-0.25, -0.2) is 0 Å². The number of nitrogens with zero attached hydrogens (tertiary/aromatic N) is 1. The number of benzene rings is 1. The lowest BCUT2D eigenvalue weighted by Gasteiger charge is -2.35. The van der Waals surface area contributed by atoms with E-state index in [-0.39, 0.29) is 18.6 Å². The molecule has 0 spiro atoms. The second-order valence-electron chi connectivity index (χ2n) is 4.67. The van der Waals surface area contributed by atoms with Crippen LogP contribution in [0.2, 0.25) is 0 Å². The van der Waals surface area contributed by atoms with Crippen molar-refractivity contribution in [3.8, 4) is 0 Å². The molecule has 1 unspecified atom stereocenters. The molecule has 1 aromatic rings. The number of aliphatic hydroxyl groups is 1. The number of likely N-dealkylation sites (tertiary alicyclic amines) is 1. The number of rotatable bonds is 3. The predicted molar refractivity (Wildman–Crippen MR) is 79.5 cm³/mol. The Kier molecular flexibility index (Phi) is 5.00. The van der Waals surface area contributed by atoms with Crippen molar-refractivity contribution in [2.24, 2.45) is 0 Å². The number of hydrogen-bond acceptors (Lipinski definition) is 2. The van der Waals surface area contributed by atoms with Gasteiger partial charge in [-0.15, -0.1) is 0 Å². The average molecular weight is 359 g/mol. The number of aliphatic hydroxyl groups excluding tert-OH is 1. The summed E-state index contributed by atoms with van der Waals surface area (Å²) in [7, 11) is 0. The van der Waals surface area contributed by atoms with Gasteiger partial charge < -0.3 is 10.0 Å². The monoisotopic (exact) mass is 359 g/mol. The number of carbonyl (C=O) groups excluding carboxylic acids is 1. The van der Waals surface area contributed by atoms with Crippen LogP contribution in [0.25, 0.3) is 0 Å². The van der Waals surface area contributed by atoms with Gasteiger partial charge in [-0.1, -0.05) is 0 Å². The van der Waals surface area contributed by atoms with Crippen molar-refractivity contribution < 1.29 is 9.90 Å². The summed E-state index contributed by atoms with van der Waals surface area (Å²) in [4.78, 5) is 14.4. The number of hydrogen-bond donors (Lipinski definition) is 1. The molecule has 1 amide bonds. The quantitative estimate of drug-likeness (QED) is 0.843. The zero-order valence-corrected chi connectivity index (χ0v) is 12.5. The van der Waals surface area contributed by atoms with Gasteiger partial charge in [0.15, 0.2) is 0 Å². The standard InChI is InChI=1S/C14H18INO2/c15-12-6-4-11(5-7-12)14(18)16-9-2-1-3-13(16)8-10-17/h4-7,13,17H,1-3,8-10H2. The number of carbonyl (C=O) groups is 1. The summed E-state index contributed by atoms with van der Waals surface area (Å²) >= 11 is 2.23. The van der Waals surface area contributed by atoms with Gasteiger partial charge in [0.2, 0.25) is 0 Å². The van der Waals surface area contributed by atoms with Crippen molar-refractivity contribution in [3.63, 3.8) is 0 Å². The molecule has 0 bridgehead atoms. The molecule has 3 nitrogen and oxygen atoms in total. The zero-order valence-electron chi connectivity index (χ0n) is 10.3. The first-order valence-electron chi connectivity index (χ1n) is 6.40. The molecule has 2 rings (SSSR count). The fourth-order valence-electron chi connectivity index (χ4n) is 2.48. The third kappa shape index (κ3) is 3.23. The van der Waals surface area contributed by atoms with E-state index >= 15 is 0 Å². The third-order valence-corrected chi connectivity index (χ3v) is 4.16. The smallest absolute Gasteiger partial charge is 0.254 e. The van der Waals surface area contributed by atoms with Crippen molar-refractivity contribution in [3.05, 3.63) is 33.4 Å². The summed E-state index contributed by atoms with van der Waals surface area (Å²) in [6.45, 7) is 0.969. The van der Waals surface area contributed by atoms with Crippen LogP contribution in [-0.4, -0.2) is 35.1 Å². The predicted octanol–water partition coefficient (Wildman–Crippen LogP) is 2.67. The topological polar surface area (TPSA) is 40.5 Å². The Bertz CT molecular complexity index is 403. The zero-order chi connectivity index (χ0) is 13.0. The highest BCUT2D eigenvalue weighted by Gasteiger charge is 2.26. The summed E-state index contributed by atoms with van der Waals surface area (Å²) in [5.74, 6) is 0.101. The first-order valence-corrected chi connectivity index (χ1v) is 7.47. The molecule has 1 saturated heterocycles.